The molecule has 0 aliphatic heterocycles. The van der Waals surface area contributed by atoms with Gasteiger partial charge in [-0.1, -0.05) is 19.9 Å². The molecule has 0 bridgehead atoms. The van der Waals surface area contributed by atoms with E-state index in [2.05, 4.69) is 13.8 Å². The molecule has 0 fully saturated rings. The second kappa shape index (κ2) is 5.85. The third-order valence-electron chi connectivity index (χ3n) is 2.50. The summed E-state index contributed by atoms with van der Waals surface area (Å²) >= 11 is 0. The van der Waals surface area contributed by atoms with Gasteiger partial charge in [0, 0.05) is 13.6 Å². The summed E-state index contributed by atoms with van der Waals surface area (Å²) in [4.78, 5) is 1.95. The predicted molar refractivity (Wildman–Crippen MR) is 67.3 cm³/mol. The topological polar surface area (TPSA) is 29.3 Å². The lowest BCUT2D eigenvalue weighted by Gasteiger charge is -2.22. The molecule has 16 heavy (non-hydrogen) atoms. The molecule has 0 unspecified atom stereocenters. The van der Waals surface area contributed by atoms with Gasteiger partial charge >= 0.3 is 0 Å². The number of rotatable bonds is 5. The Kier molecular flexibility index (Phi) is 4.74. The SMILES string of the molecule is CC(C)CN(C)c1ccc(CCN)cc1F. The number of hydrogen-bond acceptors (Lipinski definition) is 2. The van der Waals surface area contributed by atoms with E-state index in [9.17, 15) is 4.39 Å². The normalized spacial score (nSPS) is 10.9. The van der Waals surface area contributed by atoms with Gasteiger partial charge in [0.2, 0.25) is 0 Å². The van der Waals surface area contributed by atoms with Crippen molar-refractivity contribution < 1.29 is 4.39 Å². The van der Waals surface area contributed by atoms with E-state index in [1.165, 1.54) is 0 Å². The van der Waals surface area contributed by atoms with Crippen LogP contribution in [0.5, 0.6) is 0 Å². The van der Waals surface area contributed by atoms with Crippen LogP contribution in [0.15, 0.2) is 18.2 Å². The fourth-order valence-electron chi connectivity index (χ4n) is 1.83. The van der Waals surface area contributed by atoms with Gasteiger partial charge in [-0.15, -0.1) is 0 Å². The Hall–Kier alpha value is -1.09. The Balaban J connectivity index is 2.81. The molecule has 2 nitrogen and oxygen atoms in total. The first-order valence-corrected chi connectivity index (χ1v) is 5.74. The largest absolute Gasteiger partial charge is 0.372 e. The maximum absolute atomic E-state index is 13.8. The number of benzene rings is 1. The zero-order valence-electron chi connectivity index (χ0n) is 10.3. The predicted octanol–water partition coefficient (Wildman–Crippen LogP) is 2.42. The Bertz CT molecular complexity index is 337. The number of anilines is 1. The quantitative estimate of drug-likeness (QED) is 0.832. The van der Waals surface area contributed by atoms with Crippen LogP contribution in [0.2, 0.25) is 0 Å². The first-order chi connectivity index (χ1) is 7.54. The zero-order valence-corrected chi connectivity index (χ0v) is 10.3. The minimum atomic E-state index is -0.158. The van der Waals surface area contributed by atoms with E-state index in [0.29, 0.717) is 18.2 Å². The summed E-state index contributed by atoms with van der Waals surface area (Å²) in [6, 6.07) is 5.36. The van der Waals surface area contributed by atoms with Crippen molar-refractivity contribution in [3.05, 3.63) is 29.6 Å². The molecule has 0 atom stereocenters. The Morgan fingerprint density at radius 2 is 2.06 bits per heavy atom. The van der Waals surface area contributed by atoms with Crippen molar-refractivity contribution in [1.29, 1.82) is 0 Å². The van der Waals surface area contributed by atoms with Crippen LogP contribution in [0.1, 0.15) is 19.4 Å². The molecule has 3 heteroatoms. The first-order valence-electron chi connectivity index (χ1n) is 5.74. The molecule has 90 valence electrons. The molecule has 0 aliphatic rings. The second-order valence-corrected chi connectivity index (χ2v) is 4.60. The monoisotopic (exact) mass is 224 g/mol. The smallest absolute Gasteiger partial charge is 0.146 e. The number of nitrogens with two attached hydrogens (primary N) is 1. The van der Waals surface area contributed by atoms with Crippen molar-refractivity contribution >= 4 is 5.69 Å². The molecular formula is C13H21FN2. The van der Waals surface area contributed by atoms with Gasteiger partial charge in [0.05, 0.1) is 5.69 Å². The second-order valence-electron chi connectivity index (χ2n) is 4.60. The van der Waals surface area contributed by atoms with E-state index >= 15 is 0 Å². The molecule has 1 aromatic rings. The molecule has 0 amide bonds. The first kappa shape index (κ1) is 13.0. The third kappa shape index (κ3) is 3.49. The Morgan fingerprint density at radius 1 is 1.38 bits per heavy atom. The summed E-state index contributed by atoms with van der Waals surface area (Å²) in [5, 5.41) is 0. The summed E-state index contributed by atoms with van der Waals surface area (Å²) in [5.41, 5.74) is 7.06. The molecule has 0 spiro atoms. The minimum Gasteiger partial charge on any atom is -0.372 e. The Labute approximate surface area is 97.3 Å². The van der Waals surface area contributed by atoms with E-state index in [1.807, 2.05) is 24.1 Å². The van der Waals surface area contributed by atoms with Crippen LogP contribution < -0.4 is 10.6 Å². The van der Waals surface area contributed by atoms with Gasteiger partial charge in [-0.05, 0) is 36.6 Å². The molecule has 1 aromatic carbocycles. The molecule has 2 N–H and O–H groups in total. The fraction of sp³-hybridized carbons (Fsp3) is 0.538. The van der Waals surface area contributed by atoms with Crippen LogP contribution in [0.25, 0.3) is 0 Å². The summed E-state index contributed by atoms with van der Waals surface area (Å²) in [5.74, 6) is 0.363. The van der Waals surface area contributed by atoms with Gasteiger partial charge in [-0.2, -0.15) is 0 Å². The highest BCUT2D eigenvalue weighted by Gasteiger charge is 2.09. The highest BCUT2D eigenvalue weighted by atomic mass is 19.1. The lowest BCUT2D eigenvalue weighted by molar-refractivity contribution is 0.598. The van der Waals surface area contributed by atoms with Crippen LogP contribution in [-0.2, 0) is 6.42 Å². The number of halogens is 1. The summed E-state index contributed by atoms with van der Waals surface area (Å²) in [6.45, 7) is 5.65. The standard InChI is InChI=1S/C13H21FN2/c1-10(2)9-16(3)13-5-4-11(6-7-15)8-12(13)14/h4-5,8,10H,6-7,9,15H2,1-3H3. The van der Waals surface area contributed by atoms with Gasteiger partial charge in [-0.25, -0.2) is 4.39 Å². The lowest BCUT2D eigenvalue weighted by atomic mass is 10.1. The van der Waals surface area contributed by atoms with Crippen LogP contribution in [0.4, 0.5) is 10.1 Å². The maximum atomic E-state index is 13.8. The highest BCUT2D eigenvalue weighted by molar-refractivity contribution is 5.48. The minimum absolute atomic E-state index is 0.158. The van der Waals surface area contributed by atoms with Crippen molar-refractivity contribution in [3.8, 4) is 0 Å². The van der Waals surface area contributed by atoms with Crippen molar-refractivity contribution in [2.75, 3.05) is 25.0 Å². The van der Waals surface area contributed by atoms with Crippen LogP contribution >= 0.6 is 0 Å². The van der Waals surface area contributed by atoms with E-state index in [4.69, 9.17) is 5.73 Å². The maximum Gasteiger partial charge on any atom is 0.146 e. The van der Waals surface area contributed by atoms with Crippen molar-refractivity contribution in [2.45, 2.75) is 20.3 Å². The lowest BCUT2D eigenvalue weighted by Crippen LogP contribution is -2.23. The molecule has 0 radical (unpaired) electrons. The van der Waals surface area contributed by atoms with E-state index in [1.54, 1.807) is 6.07 Å². The summed E-state index contributed by atoms with van der Waals surface area (Å²) < 4.78 is 13.8. The van der Waals surface area contributed by atoms with Gasteiger partial charge in [0.15, 0.2) is 0 Å². The van der Waals surface area contributed by atoms with Crippen molar-refractivity contribution in [3.63, 3.8) is 0 Å². The van der Waals surface area contributed by atoms with Crippen LogP contribution in [-0.4, -0.2) is 20.1 Å². The van der Waals surface area contributed by atoms with Gasteiger partial charge in [0.25, 0.3) is 0 Å². The molecule has 0 saturated heterocycles. The summed E-state index contributed by atoms with van der Waals surface area (Å²) in [7, 11) is 1.92. The van der Waals surface area contributed by atoms with Crippen LogP contribution in [0, 0.1) is 11.7 Å². The van der Waals surface area contributed by atoms with Gasteiger partial charge < -0.3 is 10.6 Å². The Morgan fingerprint density at radius 3 is 2.56 bits per heavy atom. The third-order valence-corrected chi connectivity index (χ3v) is 2.50. The molecular weight excluding hydrogens is 203 g/mol. The molecule has 0 aliphatic carbocycles. The van der Waals surface area contributed by atoms with E-state index < -0.39 is 0 Å². The molecule has 0 saturated carbocycles. The molecule has 1 rings (SSSR count). The average Bonchev–Trinajstić information content (AvgIpc) is 2.16. The molecule has 0 aromatic heterocycles. The summed E-state index contributed by atoms with van der Waals surface area (Å²) in [6.07, 6.45) is 0.727. The van der Waals surface area contributed by atoms with E-state index in [0.717, 1.165) is 18.5 Å². The number of nitrogens with zero attached hydrogens (tertiary/aromatic N) is 1. The highest BCUT2D eigenvalue weighted by Crippen LogP contribution is 2.20. The number of hydrogen-bond donors (Lipinski definition) is 1. The van der Waals surface area contributed by atoms with Crippen molar-refractivity contribution in [1.82, 2.24) is 0 Å². The fourth-order valence-corrected chi connectivity index (χ4v) is 1.83. The van der Waals surface area contributed by atoms with Gasteiger partial charge in [0.1, 0.15) is 5.82 Å². The van der Waals surface area contributed by atoms with Crippen molar-refractivity contribution in [2.24, 2.45) is 11.7 Å². The van der Waals surface area contributed by atoms with Crippen LogP contribution in [0.3, 0.4) is 0 Å². The van der Waals surface area contributed by atoms with E-state index in [-0.39, 0.29) is 5.82 Å². The molecule has 0 heterocycles. The zero-order chi connectivity index (χ0) is 12.1. The van der Waals surface area contributed by atoms with Gasteiger partial charge in [-0.3, -0.25) is 0 Å². The average molecular weight is 224 g/mol.